The monoisotopic (exact) mass is 304 g/mol. The van der Waals surface area contributed by atoms with Crippen LogP contribution in [0.1, 0.15) is 36.0 Å². The standard InChI is InChI=1S/C18H18ClFO/c19-16-9-8-13(11-17(16)20)12-18(21)10-4-3-6-14-5-1-2-7-15(14)18/h1-2,5,7-9,11,21H,3-4,6,10,12H2. The maximum atomic E-state index is 13.6. The second kappa shape index (κ2) is 5.78. The zero-order valence-corrected chi connectivity index (χ0v) is 12.5. The molecule has 0 saturated carbocycles. The third-order valence-electron chi connectivity index (χ3n) is 4.29. The summed E-state index contributed by atoms with van der Waals surface area (Å²) in [6.07, 6.45) is 4.16. The molecule has 21 heavy (non-hydrogen) atoms. The molecule has 0 bridgehead atoms. The summed E-state index contributed by atoms with van der Waals surface area (Å²) >= 11 is 5.73. The molecular weight excluding hydrogens is 287 g/mol. The van der Waals surface area contributed by atoms with Gasteiger partial charge in [0.15, 0.2) is 0 Å². The first kappa shape index (κ1) is 14.6. The molecule has 0 heterocycles. The van der Waals surface area contributed by atoms with Crippen LogP contribution in [0.3, 0.4) is 0 Å². The number of hydrogen-bond acceptors (Lipinski definition) is 1. The van der Waals surface area contributed by atoms with E-state index in [1.54, 1.807) is 12.1 Å². The van der Waals surface area contributed by atoms with Gasteiger partial charge in [0.2, 0.25) is 0 Å². The average Bonchev–Trinajstić information content (AvgIpc) is 2.63. The Balaban J connectivity index is 1.97. The first-order valence-electron chi connectivity index (χ1n) is 7.33. The molecule has 0 aromatic heterocycles. The highest BCUT2D eigenvalue weighted by Gasteiger charge is 2.33. The Morgan fingerprint density at radius 3 is 2.76 bits per heavy atom. The van der Waals surface area contributed by atoms with E-state index in [-0.39, 0.29) is 5.02 Å². The predicted octanol–water partition coefficient (Wildman–Crippen LogP) is 4.64. The van der Waals surface area contributed by atoms with Crippen LogP contribution in [-0.4, -0.2) is 5.11 Å². The molecule has 3 rings (SSSR count). The van der Waals surface area contributed by atoms with Gasteiger partial charge in [-0.15, -0.1) is 0 Å². The molecule has 3 heteroatoms. The van der Waals surface area contributed by atoms with Gasteiger partial charge in [-0.3, -0.25) is 0 Å². The first-order valence-corrected chi connectivity index (χ1v) is 7.71. The van der Waals surface area contributed by atoms with Crippen LogP contribution in [0.5, 0.6) is 0 Å². The molecule has 1 nitrogen and oxygen atoms in total. The number of fused-ring (bicyclic) bond motifs is 1. The molecule has 1 aliphatic carbocycles. The lowest BCUT2D eigenvalue weighted by molar-refractivity contribution is 0.0271. The van der Waals surface area contributed by atoms with E-state index in [0.717, 1.165) is 30.4 Å². The fourth-order valence-corrected chi connectivity index (χ4v) is 3.35. The molecule has 2 aromatic rings. The van der Waals surface area contributed by atoms with E-state index in [1.807, 2.05) is 18.2 Å². The summed E-state index contributed by atoms with van der Waals surface area (Å²) in [5, 5.41) is 11.3. The highest BCUT2D eigenvalue weighted by atomic mass is 35.5. The van der Waals surface area contributed by atoms with Crippen molar-refractivity contribution in [1.82, 2.24) is 0 Å². The van der Waals surface area contributed by atoms with Gasteiger partial charge in [0, 0.05) is 6.42 Å². The van der Waals surface area contributed by atoms with Gasteiger partial charge in [-0.25, -0.2) is 4.39 Å². The zero-order chi connectivity index (χ0) is 14.9. The van der Waals surface area contributed by atoms with E-state index < -0.39 is 11.4 Å². The lowest BCUT2D eigenvalue weighted by Gasteiger charge is -2.29. The Bertz CT molecular complexity index is 655. The number of hydrogen-bond donors (Lipinski definition) is 1. The quantitative estimate of drug-likeness (QED) is 0.802. The van der Waals surface area contributed by atoms with Crippen molar-refractivity contribution in [2.75, 3.05) is 0 Å². The SMILES string of the molecule is OC1(Cc2ccc(Cl)c(F)c2)CCCCc2ccccc21. The van der Waals surface area contributed by atoms with Crippen molar-refractivity contribution in [3.8, 4) is 0 Å². The Hall–Kier alpha value is -1.38. The van der Waals surface area contributed by atoms with E-state index in [4.69, 9.17) is 11.6 Å². The maximum absolute atomic E-state index is 13.6. The van der Waals surface area contributed by atoms with Crippen LogP contribution >= 0.6 is 11.6 Å². The molecule has 0 fully saturated rings. The van der Waals surface area contributed by atoms with Gasteiger partial charge in [0.1, 0.15) is 5.82 Å². The van der Waals surface area contributed by atoms with Crippen LogP contribution < -0.4 is 0 Å². The van der Waals surface area contributed by atoms with Gasteiger partial charge in [0.25, 0.3) is 0 Å². The molecule has 0 saturated heterocycles. The molecule has 0 radical (unpaired) electrons. The van der Waals surface area contributed by atoms with E-state index in [1.165, 1.54) is 11.6 Å². The number of aliphatic hydroxyl groups is 1. The van der Waals surface area contributed by atoms with Crippen LogP contribution in [0.4, 0.5) is 4.39 Å². The Morgan fingerprint density at radius 2 is 1.95 bits per heavy atom. The lowest BCUT2D eigenvalue weighted by Crippen LogP contribution is -2.29. The molecule has 0 aliphatic heterocycles. The van der Waals surface area contributed by atoms with E-state index in [2.05, 4.69) is 6.07 Å². The second-order valence-corrected chi connectivity index (χ2v) is 6.23. The summed E-state index contributed by atoms with van der Waals surface area (Å²) < 4.78 is 13.6. The van der Waals surface area contributed by atoms with Crippen molar-refractivity contribution in [2.45, 2.75) is 37.7 Å². The lowest BCUT2D eigenvalue weighted by atomic mass is 9.83. The molecule has 110 valence electrons. The Kier molecular flexibility index (Phi) is 4.01. The number of benzene rings is 2. The molecule has 1 N–H and O–H groups in total. The molecule has 0 spiro atoms. The van der Waals surface area contributed by atoms with Gasteiger partial charge in [-0.05, 0) is 54.5 Å². The maximum Gasteiger partial charge on any atom is 0.142 e. The fourth-order valence-electron chi connectivity index (χ4n) is 3.23. The summed E-state index contributed by atoms with van der Waals surface area (Å²) in [6.45, 7) is 0. The molecule has 1 unspecified atom stereocenters. The van der Waals surface area contributed by atoms with E-state index >= 15 is 0 Å². The predicted molar refractivity (Wildman–Crippen MR) is 83.0 cm³/mol. The van der Waals surface area contributed by atoms with Crippen LogP contribution in [0, 0.1) is 5.82 Å². The molecule has 0 amide bonds. The smallest absolute Gasteiger partial charge is 0.142 e. The van der Waals surface area contributed by atoms with Gasteiger partial charge in [-0.1, -0.05) is 41.9 Å². The highest BCUT2D eigenvalue weighted by molar-refractivity contribution is 6.30. The molecular formula is C18H18ClFO. The summed E-state index contributed by atoms with van der Waals surface area (Å²) in [5.41, 5.74) is 2.04. The van der Waals surface area contributed by atoms with Crippen molar-refractivity contribution in [1.29, 1.82) is 0 Å². The van der Waals surface area contributed by atoms with Gasteiger partial charge in [-0.2, -0.15) is 0 Å². The van der Waals surface area contributed by atoms with Crippen molar-refractivity contribution >= 4 is 11.6 Å². The Labute approximate surface area is 129 Å². The average molecular weight is 305 g/mol. The summed E-state index contributed by atoms with van der Waals surface area (Å²) in [5.74, 6) is -0.431. The van der Waals surface area contributed by atoms with Gasteiger partial charge >= 0.3 is 0 Å². The third-order valence-corrected chi connectivity index (χ3v) is 4.59. The minimum atomic E-state index is -0.923. The largest absolute Gasteiger partial charge is 0.385 e. The first-order chi connectivity index (χ1) is 10.1. The van der Waals surface area contributed by atoms with Crippen LogP contribution in [0.2, 0.25) is 5.02 Å². The second-order valence-electron chi connectivity index (χ2n) is 5.82. The summed E-state index contributed by atoms with van der Waals surface area (Å²) in [7, 11) is 0. The van der Waals surface area contributed by atoms with E-state index in [0.29, 0.717) is 12.8 Å². The minimum absolute atomic E-state index is 0.118. The minimum Gasteiger partial charge on any atom is -0.385 e. The number of halogens is 2. The van der Waals surface area contributed by atoms with Crippen LogP contribution in [0.15, 0.2) is 42.5 Å². The van der Waals surface area contributed by atoms with Crippen LogP contribution in [0.25, 0.3) is 0 Å². The van der Waals surface area contributed by atoms with Crippen molar-refractivity contribution in [3.05, 3.63) is 70.0 Å². The van der Waals surface area contributed by atoms with Crippen molar-refractivity contribution < 1.29 is 9.50 Å². The Morgan fingerprint density at radius 1 is 1.14 bits per heavy atom. The normalized spacial score (nSPS) is 21.7. The highest BCUT2D eigenvalue weighted by Crippen LogP contribution is 2.37. The zero-order valence-electron chi connectivity index (χ0n) is 11.8. The van der Waals surface area contributed by atoms with Gasteiger partial charge < -0.3 is 5.11 Å². The summed E-state index contributed by atoms with van der Waals surface area (Å²) in [6, 6.07) is 12.8. The van der Waals surface area contributed by atoms with Gasteiger partial charge in [0.05, 0.1) is 10.6 Å². The summed E-state index contributed by atoms with van der Waals surface area (Å²) in [4.78, 5) is 0. The number of rotatable bonds is 2. The van der Waals surface area contributed by atoms with E-state index in [9.17, 15) is 9.50 Å². The topological polar surface area (TPSA) is 20.2 Å². The van der Waals surface area contributed by atoms with Crippen molar-refractivity contribution in [3.63, 3.8) is 0 Å². The fraction of sp³-hybridized carbons (Fsp3) is 0.333. The van der Waals surface area contributed by atoms with Crippen molar-refractivity contribution in [2.24, 2.45) is 0 Å². The molecule has 1 aliphatic rings. The molecule has 2 aromatic carbocycles. The van der Waals surface area contributed by atoms with Crippen LogP contribution in [-0.2, 0) is 18.4 Å². The third kappa shape index (κ3) is 2.97. The molecule has 1 atom stereocenters. The number of aryl methyl sites for hydroxylation is 1.